The molecule has 1 aromatic carbocycles. The van der Waals surface area contributed by atoms with Gasteiger partial charge < -0.3 is 20.5 Å². The third kappa shape index (κ3) is 4.16. The van der Waals surface area contributed by atoms with Gasteiger partial charge in [0.25, 0.3) is 0 Å². The molecule has 1 saturated heterocycles. The summed E-state index contributed by atoms with van der Waals surface area (Å²) < 4.78 is 3.99. The molecule has 32 heavy (non-hydrogen) atoms. The Kier molecular flexibility index (Phi) is 5.48. The molecule has 0 aliphatic carbocycles. The molecule has 0 spiro atoms. The lowest BCUT2D eigenvalue weighted by Crippen LogP contribution is -2.43. The zero-order valence-corrected chi connectivity index (χ0v) is 18.5. The molecule has 1 aliphatic heterocycles. The topological polar surface area (TPSA) is 103 Å². The highest BCUT2D eigenvalue weighted by Gasteiger charge is 2.22. The third-order valence-electron chi connectivity index (χ3n) is 5.79. The van der Waals surface area contributed by atoms with Gasteiger partial charge in [0.15, 0.2) is 17.0 Å². The number of nitrogens with one attached hydrogen (secondary N) is 1. The number of imidazole rings is 1. The van der Waals surface area contributed by atoms with E-state index >= 15 is 0 Å². The lowest BCUT2D eigenvalue weighted by atomic mass is 10.1. The normalized spacial score (nSPS) is 16.8. The number of hydrogen-bond donors (Lipinski definition) is 2. The first-order valence-corrected chi connectivity index (χ1v) is 11.2. The third-order valence-corrected chi connectivity index (χ3v) is 5.79. The zero-order valence-electron chi connectivity index (χ0n) is 18.5. The molecule has 1 fully saturated rings. The van der Waals surface area contributed by atoms with Gasteiger partial charge in [0, 0.05) is 31.4 Å². The number of nitrogens with two attached hydrogens (primary N) is 1. The smallest absolute Gasteiger partial charge is 0.229 e. The number of nitrogens with zero attached hydrogens (tertiary/aromatic N) is 7. The zero-order chi connectivity index (χ0) is 22.1. The predicted molar refractivity (Wildman–Crippen MR) is 126 cm³/mol. The Morgan fingerprint density at radius 2 is 2.03 bits per heavy atom. The highest BCUT2D eigenvalue weighted by atomic mass is 15.3. The summed E-state index contributed by atoms with van der Waals surface area (Å²) in [7, 11) is 0. The fourth-order valence-corrected chi connectivity index (χ4v) is 4.12. The summed E-state index contributed by atoms with van der Waals surface area (Å²) in [6, 6.07) is 10.7. The molecular formula is C23H29N9. The van der Waals surface area contributed by atoms with Crippen molar-refractivity contribution in [2.45, 2.75) is 45.3 Å². The molecule has 0 amide bonds. The molecule has 1 aliphatic rings. The van der Waals surface area contributed by atoms with Crippen molar-refractivity contribution in [3.05, 3.63) is 54.6 Å². The standard InChI is InChI=1S/C23H29N9/c1-16(2)32-15-25-20-21(28-23(29-22(20)32)30-10-6-9-18(24)13-30)27-19-11-26-31(14-19)12-17-7-4-3-5-8-17/h3-5,7-8,11,14-16,18H,6,9-10,12-13,24H2,1-2H3,(H,27,28,29)/t18-/m0/s1. The SMILES string of the molecule is CC(C)n1cnc2c(Nc3cnn(Cc4ccccc4)c3)nc(N3CCC[C@H](N)C3)nc21. The van der Waals surface area contributed by atoms with E-state index in [4.69, 9.17) is 15.7 Å². The van der Waals surface area contributed by atoms with Crippen LogP contribution in [-0.4, -0.2) is 48.4 Å². The minimum absolute atomic E-state index is 0.144. The Morgan fingerprint density at radius 3 is 2.81 bits per heavy atom. The number of aromatic nitrogens is 6. The second-order valence-electron chi connectivity index (χ2n) is 8.68. The molecule has 0 unspecified atom stereocenters. The van der Waals surface area contributed by atoms with Crippen LogP contribution >= 0.6 is 0 Å². The lowest BCUT2D eigenvalue weighted by Gasteiger charge is -2.31. The Bertz CT molecular complexity index is 1190. The fourth-order valence-electron chi connectivity index (χ4n) is 4.12. The predicted octanol–water partition coefficient (Wildman–Crippen LogP) is 3.32. The first-order valence-electron chi connectivity index (χ1n) is 11.2. The lowest BCUT2D eigenvalue weighted by molar-refractivity contribution is 0.500. The van der Waals surface area contributed by atoms with Crippen molar-refractivity contribution in [1.82, 2.24) is 29.3 Å². The fraction of sp³-hybridized carbons (Fsp3) is 0.391. The number of anilines is 3. The number of fused-ring (bicyclic) bond motifs is 1. The van der Waals surface area contributed by atoms with Crippen molar-refractivity contribution in [2.24, 2.45) is 5.73 Å². The summed E-state index contributed by atoms with van der Waals surface area (Å²) in [6.45, 7) is 6.63. The highest BCUT2D eigenvalue weighted by molar-refractivity contribution is 5.86. The number of rotatable bonds is 6. The van der Waals surface area contributed by atoms with Crippen LogP contribution in [0.4, 0.5) is 17.5 Å². The van der Waals surface area contributed by atoms with Crippen molar-refractivity contribution in [3.8, 4) is 0 Å². The second-order valence-corrected chi connectivity index (χ2v) is 8.68. The molecule has 0 radical (unpaired) electrons. The van der Waals surface area contributed by atoms with Crippen molar-refractivity contribution < 1.29 is 0 Å². The van der Waals surface area contributed by atoms with E-state index in [2.05, 4.69) is 50.8 Å². The minimum atomic E-state index is 0.144. The molecule has 3 aromatic heterocycles. The van der Waals surface area contributed by atoms with Crippen molar-refractivity contribution in [2.75, 3.05) is 23.3 Å². The van der Waals surface area contributed by atoms with Crippen LogP contribution in [0.25, 0.3) is 11.2 Å². The first-order chi connectivity index (χ1) is 15.6. The molecule has 5 rings (SSSR count). The molecule has 0 saturated carbocycles. The first kappa shape index (κ1) is 20.4. The summed E-state index contributed by atoms with van der Waals surface area (Å²) >= 11 is 0. The summed E-state index contributed by atoms with van der Waals surface area (Å²) in [5, 5.41) is 7.93. The quantitative estimate of drug-likeness (QED) is 0.483. The van der Waals surface area contributed by atoms with Gasteiger partial charge in [-0.1, -0.05) is 30.3 Å². The molecule has 3 N–H and O–H groups in total. The van der Waals surface area contributed by atoms with E-state index < -0.39 is 0 Å². The van der Waals surface area contributed by atoms with Crippen molar-refractivity contribution in [3.63, 3.8) is 0 Å². The van der Waals surface area contributed by atoms with E-state index in [1.807, 2.05) is 41.6 Å². The minimum Gasteiger partial charge on any atom is -0.339 e. The van der Waals surface area contributed by atoms with Crippen LogP contribution in [0.15, 0.2) is 49.1 Å². The maximum Gasteiger partial charge on any atom is 0.229 e. The summed E-state index contributed by atoms with van der Waals surface area (Å²) in [6.07, 6.45) is 7.71. The van der Waals surface area contributed by atoms with E-state index in [1.54, 1.807) is 0 Å². The molecule has 9 heteroatoms. The second kappa shape index (κ2) is 8.58. The van der Waals surface area contributed by atoms with Gasteiger partial charge in [0.2, 0.25) is 5.95 Å². The van der Waals surface area contributed by atoms with Crippen LogP contribution in [0.1, 0.15) is 38.3 Å². The Labute approximate surface area is 187 Å². The van der Waals surface area contributed by atoms with Gasteiger partial charge in [-0.2, -0.15) is 15.1 Å². The molecule has 4 heterocycles. The van der Waals surface area contributed by atoms with Gasteiger partial charge in [-0.3, -0.25) is 4.68 Å². The Balaban J connectivity index is 1.47. The van der Waals surface area contributed by atoms with Gasteiger partial charge in [0.05, 0.1) is 24.8 Å². The van der Waals surface area contributed by atoms with Gasteiger partial charge in [0.1, 0.15) is 0 Å². The Hall–Kier alpha value is -3.46. The summed E-state index contributed by atoms with van der Waals surface area (Å²) in [4.78, 5) is 16.5. The summed E-state index contributed by atoms with van der Waals surface area (Å²) in [5.41, 5.74) is 9.85. The van der Waals surface area contributed by atoms with E-state index in [0.717, 1.165) is 42.8 Å². The number of piperidine rings is 1. The average Bonchev–Trinajstić information content (AvgIpc) is 3.41. The van der Waals surface area contributed by atoms with Crippen LogP contribution in [0.2, 0.25) is 0 Å². The van der Waals surface area contributed by atoms with Crippen LogP contribution in [0, 0.1) is 0 Å². The molecule has 9 nitrogen and oxygen atoms in total. The van der Waals surface area contributed by atoms with Gasteiger partial charge in [-0.25, -0.2) is 4.98 Å². The van der Waals surface area contributed by atoms with Crippen molar-refractivity contribution in [1.29, 1.82) is 0 Å². The molecule has 166 valence electrons. The maximum absolute atomic E-state index is 6.22. The van der Waals surface area contributed by atoms with E-state index in [0.29, 0.717) is 18.3 Å². The largest absolute Gasteiger partial charge is 0.339 e. The van der Waals surface area contributed by atoms with E-state index in [9.17, 15) is 0 Å². The molecule has 0 bridgehead atoms. The molecule has 4 aromatic rings. The van der Waals surface area contributed by atoms with E-state index in [-0.39, 0.29) is 12.1 Å². The molecule has 1 atom stereocenters. The highest BCUT2D eigenvalue weighted by Crippen LogP contribution is 2.28. The van der Waals surface area contributed by atoms with E-state index in [1.165, 1.54) is 5.56 Å². The number of hydrogen-bond acceptors (Lipinski definition) is 7. The van der Waals surface area contributed by atoms with Crippen LogP contribution in [0.5, 0.6) is 0 Å². The van der Waals surface area contributed by atoms with Crippen LogP contribution < -0.4 is 16.0 Å². The number of benzene rings is 1. The Morgan fingerprint density at radius 1 is 1.19 bits per heavy atom. The van der Waals surface area contributed by atoms with Crippen LogP contribution in [-0.2, 0) is 6.54 Å². The monoisotopic (exact) mass is 431 g/mol. The van der Waals surface area contributed by atoms with Gasteiger partial charge >= 0.3 is 0 Å². The van der Waals surface area contributed by atoms with Crippen LogP contribution in [0.3, 0.4) is 0 Å². The molecular weight excluding hydrogens is 402 g/mol. The van der Waals surface area contributed by atoms with Crippen molar-refractivity contribution >= 4 is 28.6 Å². The van der Waals surface area contributed by atoms with Gasteiger partial charge in [-0.15, -0.1) is 0 Å². The summed E-state index contributed by atoms with van der Waals surface area (Å²) in [5.74, 6) is 1.37. The maximum atomic E-state index is 6.22. The van der Waals surface area contributed by atoms with Gasteiger partial charge in [-0.05, 0) is 32.3 Å². The average molecular weight is 432 g/mol.